The van der Waals surface area contributed by atoms with E-state index < -0.39 is 0 Å². The van der Waals surface area contributed by atoms with Crippen molar-refractivity contribution in [2.75, 3.05) is 11.9 Å². The van der Waals surface area contributed by atoms with Crippen LogP contribution in [0.1, 0.15) is 19.2 Å². The van der Waals surface area contributed by atoms with Crippen LogP contribution in [0.2, 0.25) is 0 Å². The third kappa shape index (κ3) is 3.03. The Morgan fingerprint density at radius 1 is 1.17 bits per heavy atom. The smallest absolute Gasteiger partial charge is 0.130 e. The van der Waals surface area contributed by atoms with Gasteiger partial charge in [-0.15, -0.1) is 0 Å². The molecule has 94 valence electrons. The minimum absolute atomic E-state index is 0.242. The quantitative estimate of drug-likeness (QED) is 0.897. The van der Waals surface area contributed by atoms with Crippen molar-refractivity contribution < 1.29 is 4.39 Å². The van der Waals surface area contributed by atoms with Crippen LogP contribution < -0.4 is 5.32 Å². The molecule has 18 heavy (non-hydrogen) atoms. The second-order valence-corrected chi connectivity index (χ2v) is 4.12. The predicted octanol–water partition coefficient (Wildman–Crippen LogP) is 3.41. The van der Waals surface area contributed by atoms with Crippen LogP contribution >= 0.6 is 0 Å². The molecule has 0 unspecified atom stereocenters. The van der Waals surface area contributed by atoms with Crippen LogP contribution in [-0.4, -0.2) is 16.5 Å². The van der Waals surface area contributed by atoms with Gasteiger partial charge in [-0.05, 0) is 37.6 Å². The zero-order valence-electron chi connectivity index (χ0n) is 10.6. The Morgan fingerprint density at radius 3 is 2.56 bits per heavy atom. The minimum atomic E-state index is -0.242. The van der Waals surface area contributed by atoms with E-state index in [0.717, 1.165) is 30.0 Å². The number of benzene rings is 1. The van der Waals surface area contributed by atoms with E-state index in [1.54, 1.807) is 12.1 Å². The van der Waals surface area contributed by atoms with E-state index in [4.69, 9.17) is 0 Å². The fraction of sp³-hybridized carbons (Fsp3) is 0.286. The maximum atomic E-state index is 12.9. The topological polar surface area (TPSA) is 37.8 Å². The van der Waals surface area contributed by atoms with Crippen molar-refractivity contribution in [1.29, 1.82) is 0 Å². The van der Waals surface area contributed by atoms with E-state index in [1.807, 2.05) is 13.0 Å². The number of hydrogen-bond acceptors (Lipinski definition) is 3. The molecule has 0 saturated heterocycles. The van der Waals surface area contributed by atoms with Gasteiger partial charge in [-0.3, -0.25) is 0 Å². The lowest BCUT2D eigenvalue weighted by molar-refractivity contribution is 0.628. The molecule has 0 amide bonds. The molecule has 1 heterocycles. The second-order valence-electron chi connectivity index (χ2n) is 4.12. The van der Waals surface area contributed by atoms with Gasteiger partial charge < -0.3 is 5.32 Å². The van der Waals surface area contributed by atoms with Crippen molar-refractivity contribution in [3.05, 3.63) is 42.0 Å². The fourth-order valence-electron chi connectivity index (χ4n) is 1.68. The number of halogens is 1. The standard InChI is InChI=1S/C14H16FN3/c1-3-8-16-14-9-13(17-10(2)18-14)11-4-6-12(15)7-5-11/h4-7,9H,3,8H2,1-2H3,(H,16,17,18). The lowest BCUT2D eigenvalue weighted by Gasteiger charge is -2.07. The number of nitrogens with zero attached hydrogens (tertiary/aromatic N) is 2. The van der Waals surface area contributed by atoms with E-state index in [-0.39, 0.29) is 5.82 Å². The lowest BCUT2D eigenvalue weighted by atomic mass is 10.1. The van der Waals surface area contributed by atoms with Crippen molar-refractivity contribution in [3.63, 3.8) is 0 Å². The molecular weight excluding hydrogens is 229 g/mol. The molecular formula is C14H16FN3. The molecule has 0 saturated carbocycles. The zero-order valence-corrected chi connectivity index (χ0v) is 10.6. The summed E-state index contributed by atoms with van der Waals surface area (Å²) >= 11 is 0. The van der Waals surface area contributed by atoms with Crippen molar-refractivity contribution in [3.8, 4) is 11.3 Å². The lowest BCUT2D eigenvalue weighted by Crippen LogP contribution is -2.04. The van der Waals surface area contributed by atoms with E-state index >= 15 is 0 Å². The minimum Gasteiger partial charge on any atom is -0.370 e. The second kappa shape index (κ2) is 5.58. The average Bonchev–Trinajstić information content (AvgIpc) is 2.36. The maximum absolute atomic E-state index is 12.9. The maximum Gasteiger partial charge on any atom is 0.130 e. The molecule has 0 aliphatic carbocycles. The average molecular weight is 245 g/mol. The van der Waals surface area contributed by atoms with Crippen LogP contribution in [-0.2, 0) is 0 Å². The van der Waals surface area contributed by atoms with E-state index in [2.05, 4.69) is 22.2 Å². The molecule has 1 N–H and O–H groups in total. The van der Waals surface area contributed by atoms with Crippen molar-refractivity contribution in [1.82, 2.24) is 9.97 Å². The summed E-state index contributed by atoms with van der Waals surface area (Å²) in [6.07, 6.45) is 1.04. The van der Waals surface area contributed by atoms with Gasteiger partial charge in [-0.2, -0.15) is 0 Å². The molecule has 2 rings (SSSR count). The van der Waals surface area contributed by atoms with E-state index in [0.29, 0.717) is 5.82 Å². The van der Waals surface area contributed by atoms with Crippen LogP contribution in [0.15, 0.2) is 30.3 Å². The first kappa shape index (κ1) is 12.5. The summed E-state index contributed by atoms with van der Waals surface area (Å²) in [5.74, 6) is 1.27. The highest BCUT2D eigenvalue weighted by Gasteiger charge is 2.04. The van der Waals surface area contributed by atoms with Crippen LogP contribution in [0, 0.1) is 12.7 Å². The third-order valence-electron chi connectivity index (χ3n) is 2.53. The summed E-state index contributed by atoms with van der Waals surface area (Å²) in [5.41, 5.74) is 1.70. The molecule has 0 fully saturated rings. The third-order valence-corrected chi connectivity index (χ3v) is 2.53. The van der Waals surface area contributed by atoms with Gasteiger partial charge in [0, 0.05) is 18.2 Å². The number of hydrogen-bond donors (Lipinski definition) is 1. The van der Waals surface area contributed by atoms with Crippen LogP contribution in [0.25, 0.3) is 11.3 Å². The zero-order chi connectivity index (χ0) is 13.0. The number of anilines is 1. The number of aromatic nitrogens is 2. The number of aryl methyl sites for hydroxylation is 1. The highest BCUT2D eigenvalue weighted by atomic mass is 19.1. The van der Waals surface area contributed by atoms with Crippen LogP contribution in [0.4, 0.5) is 10.2 Å². The van der Waals surface area contributed by atoms with Gasteiger partial charge in [0.05, 0.1) is 5.69 Å². The molecule has 4 heteroatoms. The van der Waals surface area contributed by atoms with Gasteiger partial charge in [0.15, 0.2) is 0 Å². The van der Waals surface area contributed by atoms with Crippen molar-refractivity contribution in [2.45, 2.75) is 20.3 Å². The van der Waals surface area contributed by atoms with Crippen molar-refractivity contribution in [2.24, 2.45) is 0 Å². The van der Waals surface area contributed by atoms with E-state index in [9.17, 15) is 4.39 Å². The van der Waals surface area contributed by atoms with Gasteiger partial charge >= 0.3 is 0 Å². The molecule has 0 bridgehead atoms. The summed E-state index contributed by atoms with van der Waals surface area (Å²) in [7, 11) is 0. The fourth-order valence-corrected chi connectivity index (χ4v) is 1.68. The summed E-state index contributed by atoms with van der Waals surface area (Å²) in [5, 5.41) is 3.23. The Balaban J connectivity index is 2.32. The predicted molar refractivity (Wildman–Crippen MR) is 70.9 cm³/mol. The summed E-state index contributed by atoms with van der Waals surface area (Å²) in [6.45, 7) is 4.82. The number of nitrogens with one attached hydrogen (secondary N) is 1. The summed E-state index contributed by atoms with van der Waals surface area (Å²) in [4.78, 5) is 8.69. The SMILES string of the molecule is CCCNc1cc(-c2ccc(F)cc2)nc(C)n1. The van der Waals surface area contributed by atoms with Gasteiger partial charge in [-0.1, -0.05) is 6.92 Å². The first-order valence-electron chi connectivity index (χ1n) is 6.04. The normalized spacial score (nSPS) is 10.4. The first-order valence-corrected chi connectivity index (χ1v) is 6.04. The highest BCUT2D eigenvalue weighted by Crippen LogP contribution is 2.20. The Bertz CT molecular complexity index is 523. The van der Waals surface area contributed by atoms with E-state index in [1.165, 1.54) is 12.1 Å². The Morgan fingerprint density at radius 2 is 1.89 bits per heavy atom. The molecule has 0 spiro atoms. The van der Waals surface area contributed by atoms with Gasteiger partial charge in [-0.25, -0.2) is 14.4 Å². The van der Waals surface area contributed by atoms with Gasteiger partial charge in [0.1, 0.15) is 17.5 Å². The molecule has 3 nitrogen and oxygen atoms in total. The molecule has 2 aromatic rings. The Hall–Kier alpha value is -1.97. The summed E-state index contributed by atoms with van der Waals surface area (Å²) < 4.78 is 12.9. The monoisotopic (exact) mass is 245 g/mol. The Labute approximate surface area is 106 Å². The van der Waals surface area contributed by atoms with Crippen LogP contribution in [0.3, 0.4) is 0 Å². The summed E-state index contributed by atoms with van der Waals surface area (Å²) in [6, 6.07) is 8.20. The Kier molecular flexibility index (Phi) is 3.87. The molecule has 0 radical (unpaired) electrons. The molecule has 0 aliphatic heterocycles. The molecule has 0 atom stereocenters. The largest absolute Gasteiger partial charge is 0.370 e. The number of rotatable bonds is 4. The first-order chi connectivity index (χ1) is 8.69. The molecule has 1 aromatic carbocycles. The van der Waals surface area contributed by atoms with Gasteiger partial charge in [0.2, 0.25) is 0 Å². The molecule has 1 aromatic heterocycles. The molecule has 0 aliphatic rings. The van der Waals surface area contributed by atoms with Crippen molar-refractivity contribution >= 4 is 5.82 Å². The van der Waals surface area contributed by atoms with Crippen LogP contribution in [0.5, 0.6) is 0 Å². The highest BCUT2D eigenvalue weighted by molar-refractivity contribution is 5.62. The van der Waals surface area contributed by atoms with Gasteiger partial charge in [0.25, 0.3) is 0 Å².